The van der Waals surface area contributed by atoms with E-state index in [4.69, 9.17) is 4.74 Å². The quantitative estimate of drug-likeness (QED) is 0.688. The molecule has 0 aromatic heterocycles. The zero-order valence-corrected chi connectivity index (χ0v) is 12.8. The van der Waals surface area contributed by atoms with Gasteiger partial charge in [0, 0.05) is 6.42 Å². The lowest BCUT2D eigenvalue weighted by molar-refractivity contribution is -0.131. The third kappa shape index (κ3) is 4.94. The summed E-state index contributed by atoms with van der Waals surface area (Å²) >= 11 is 0. The van der Waals surface area contributed by atoms with Gasteiger partial charge in [-0.15, -0.1) is 0 Å². The van der Waals surface area contributed by atoms with E-state index in [0.29, 0.717) is 31.3 Å². The van der Waals surface area contributed by atoms with Gasteiger partial charge in [0.1, 0.15) is 5.60 Å². The summed E-state index contributed by atoms with van der Waals surface area (Å²) in [6, 6.07) is -0.413. The molecule has 0 spiro atoms. The Morgan fingerprint density at radius 3 is 2.32 bits per heavy atom. The number of ether oxygens (including phenoxy) is 1. The van der Waals surface area contributed by atoms with Gasteiger partial charge in [-0.1, -0.05) is 34.1 Å². The zero-order chi connectivity index (χ0) is 14.6. The van der Waals surface area contributed by atoms with Gasteiger partial charge in [-0.25, -0.2) is 0 Å². The van der Waals surface area contributed by atoms with Crippen molar-refractivity contribution in [2.45, 2.75) is 65.5 Å². The molecule has 3 unspecified atom stereocenters. The first-order valence-electron chi connectivity index (χ1n) is 7.26. The molecule has 0 bridgehead atoms. The molecule has 0 radical (unpaired) electrons. The van der Waals surface area contributed by atoms with Crippen LogP contribution < -0.4 is 5.32 Å². The Hall–Kier alpha value is -0.900. The first-order valence-corrected chi connectivity index (χ1v) is 7.26. The number of epoxide rings is 1. The summed E-state index contributed by atoms with van der Waals surface area (Å²) in [5.41, 5.74) is -0.663. The normalized spacial score (nSPS) is 24.9. The second kappa shape index (κ2) is 6.51. The van der Waals surface area contributed by atoms with E-state index < -0.39 is 11.6 Å². The molecule has 0 aliphatic carbocycles. The van der Waals surface area contributed by atoms with Crippen LogP contribution in [0.15, 0.2) is 0 Å². The number of Topliss-reactive ketones (excluding diaryl/α,β-unsaturated/α-hetero) is 1. The van der Waals surface area contributed by atoms with Crippen LogP contribution in [0.2, 0.25) is 0 Å². The molecular weight excluding hydrogens is 242 g/mol. The van der Waals surface area contributed by atoms with Crippen molar-refractivity contribution in [1.82, 2.24) is 5.32 Å². The maximum Gasteiger partial charge on any atom is 0.220 e. The minimum Gasteiger partial charge on any atom is -0.361 e. The van der Waals surface area contributed by atoms with E-state index in [-0.39, 0.29) is 11.7 Å². The lowest BCUT2D eigenvalue weighted by atomic mass is 9.93. The second-order valence-corrected chi connectivity index (χ2v) is 6.35. The fourth-order valence-electron chi connectivity index (χ4n) is 2.04. The van der Waals surface area contributed by atoms with E-state index in [0.717, 1.165) is 6.42 Å². The molecule has 0 saturated carbocycles. The number of nitrogens with one attached hydrogen (secondary N) is 1. The van der Waals surface area contributed by atoms with Crippen molar-refractivity contribution in [3.8, 4) is 0 Å². The number of ketones is 1. The Morgan fingerprint density at radius 1 is 1.32 bits per heavy atom. The second-order valence-electron chi connectivity index (χ2n) is 6.35. The van der Waals surface area contributed by atoms with E-state index in [1.807, 2.05) is 6.92 Å². The van der Waals surface area contributed by atoms with E-state index >= 15 is 0 Å². The topological polar surface area (TPSA) is 58.7 Å². The Bertz CT molecular complexity index is 334. The highest BCUT2D eigenvalue weighted by atomic mass is 16.6. The highest BCUT2D eigenvalue weighted by Gasteiger charge is 2.50. The minimum atomic E-state index is -0.663. The number of rotatable bonds is 8. The standard InChI is InChI=1S/C15H27NO3/c1-6-11(4)8-13(17)16-12(7-10(2)3)14(18)15(5)9-19-15/h10-12H,6-9H2,1-5H3,(H,16,17). The van der Waals surface area contributed by atoms with Gasteiger partial charge in [0.25, 0.3) is 0 Å². The van der Waals surface area contributed by atoms with Crippen LogP contribution in [0.1, 0.15) is 53.9 Å². The molecule has 19 heavy (non-hydrogen) atoms. The molecule has 0 aromatic carbocycles. The van der Waals surface area contributed by atoms with Crippen molar-refractivity contribution < 1.29 is 14.3 Å². The molecule has 1 heterocycles. The van der Waals surface area contributed by atoms with E-state index in [1.165, 1.54) is 0 Å². The average Bonchev–Trinajstić information content (AvgIpc) is 3.05. The Labute approximate surface area is 116 Å². The van der Waals surface area contributed by atoms with Crippen LogP contribution in [0.4, 0.5) is 0 Å². The maximum absolute atomic E-state index is 12.3. The first-order chi connectivity index (χ1) is 8.78. The molecule has 1 aliphatic rings. The van der Waals surface area contributed by atoms with Crippen LogP contribution >= 0.6 is 0 Å². The lowest BCUT2D eigenvalue weighted by Gasteiger charge is -2.22. The molecule has 1 N–H and O–H groups in total. The van der Waals surface area contributed by atoms with Gasteiger partial charge in [0.15, 0.2) is 5.78 Å². The fourth-order valence-corrected chi connectivity index (χ4v) is 2.04. The summed E-state index contributed by atoms with van der Waals surface area (Å²) < 4.78 is 5.20. The Balaban J connectivity index is 2.59. The molecule has 110 valence electrons. The highest BCUT2D eigenvalue weighted by Crippen LogP contribution is 2.29. The molecule has 4 nitrogen and oxygen atoms in total. The zero-order valence-electron chi connectivity index (χ0n) is 12.8. The molecule has 0 aromatic rings. The van der Waals surface area contributed by atoms with Gasteiger partial charge in [-0.2, -0.15) is 0 Å². The van der Waals surface area contributed by atoms with E-state index in [2.05, 4.69) is 26.1 Å². The first kappa shape index (κ1) is 16.2. The van der Waals surface area contributed by atoms with Crippen molar-refractivity contribution in [3.63, 3.8) is 0 Å². The van der Waals surface area contributed by atoms with Gasteiger partial charge in [-0.3, -0.25) is 9.59 Å². The molecule has 1 amide bonds. The predicted molar refractivity (Wildman–Crippen MR) is 74.8 cm³/mol. The van der Waals surface area contributed by atoms with Crippen LogP contribution in [-0.2, 0) is 14.3 Å². The smallest absolute Gasteiger partial charge is 0.220 e. The van der Waals surface area contributed by atoms with Gasteiger partial charge in [0.2, 0.25) is 5.91 Å². The average molecular weight is 269 g/mol. The van der Waals surface area contributed by atoms with Crippen LogP contribution in [-0.4, -0.2) is 29.9 Å². The van der Waals surface area contributed by atoms with Crippen molar-refractivity contribution >= 4 is 11.7 Å². The van der Waals surface area contributed by atoms with Crippen molar-refractivity contribution in [1.29, 1.82) is 0 Å². The predicted octanol–water partition coefficient (Wildman–Crippen LogP) is 2.31. The number of hydrogen-bond donors (Lipinski definition) is 1. The Morgan fingerprint density at radius 2 is 1.89 bits per heavy atom. The van der Waals surface area contributed by atoms with Gasteiger partial charge in [-0.05, 0) is 25.2 Å². The van der Waals surface area contributed by atoms with Crippen molar-refractivity contribution in [3.05, 3.63) is 0 Å². The van der Waals surface area contributed by atoms with Crippen LogP contribution in [0.25, 0.3) is 0 Å². The van der Waals surface area contributed by atoms with Crippen LogP contribution in [0.5, 0.6) is 0 Å². The maximum atomic E-state index is 12.3. The number of carbonyl (C=O) groups is 2. The number of amides is 1. The molecule has 4 heteroatoms. The SMILES string of the molecule is CCC(C)CC(=O)NC(CC(C)C)C(=O)C1(C)CO1. The van der Waals surface area contributed by atoms with E-state index in [9.17, 15) is 9.59 Å². The minimum absolute atomic E-state index is 0.0127. The third-order valence-electron chi connectivity index (χ3n) is 3.69. The molecule has 3 atom stereocenters. The van der Waals surface area contributed by atoms with Crippen molar-refractivity contribution in [2.75, 3.05) is 6.61 Å². The summed E-state index contributed by atoms with van der Waals surface area (Å²) in [5, 5.41) is 2.89. The largest absolute Gasteiger partial charge is 0.361 e. The monoisotopic (exact) mass is 269 g/mol. The highest BCUT2D eigenvalue weighted by molar-refractivity contribution is 5.96. The van der Waals surface area contributed by atoms with Crippen molar-refractivity contribution in [2.24, 2.45) is 11.8 Å². The van der Waals surface area contributed by atoms with Crippen LogP contribution in [0, 0.1) is 11.8 Å². The fraction of sp³-hybridized carbons (Fsp3) is 0.867. The molecule has 1 rings (SSSR count). The summed E-state index contributed by atoms with van der Waals surface area (Å²) in [5.74, 6) is 0.694. The molecule has 1 aliphatic heterocycles. The lowest BCUT2D eigenvalue weighted by Crippen LogP contribution is -2.47. The van der Waals surface area contributed by atoms with Gasteiger partial charge < -0.3 is 10.1 Å². The molecular formula is C15H27NO3. The summed E-state index contributed by atoms with van der Waals surface area (Å²) in [6.07, 6.45) is 2.12. The number of hydrogen-bond acceptors (Lipinski definition) is 3. The summed E-state index contributed by atoms with van der Waals surface area (Å²) in [6.45, 7) is 10.5. The molecule has 1 fully saturated rings. The Kier molecular flexibility index (Phi) is 5.53. The van der Waals surface area contributed by atoms with Crippen LogP contribution in [0.3, 0.4) is 0 Å². The number of carbonyl (C=O) groups excluding carboxylic acids is 2. The van der Waals surface area contributed by atoms with Gasteiger partial charge in [0.05, 0.1) is 12.6 Å². The summed E-state index contributed by atoms with van der Waals surface area (Å²) in [4.78, 5) is 24.3. The third-order valence-corrected chi connectivity index (χ3v) is 3.69. The van der Waals surface area contributed by atoms with Gasteiger partial charge >= 0.3 is 0 Å². The summed E-state index contributed by atoms with van der Waals surface area (Å²) in [7, 11) is 0. The molecule has 1 saturated heterocycles. The van der Waals surface area contributed by atoms with E-state index in [1.54, 1.807) is 6.92 Å².